The average Bonchev–Trinajstić information content (AvgIpc) is 2.87. The van der Waals surface area contributed by atoms with Gasteiger partial charge >= 0.3 is 0 Å². The predicted octanol–water partition coefficient (Wildman–Crippen LogP) is 2.15. The largest absolute Gasteiger partial charge is 0.493 e. The zero-order chi connectivity index (χ0) is 16.4. The van der Waals surface area contributed by atoms with Crippen LogP contribution in [0.3, 0.4) is 0 Å². The maximum Gasteiger partial charge on any atom is 0.161 e. The van der Waals surface area contributed by atoms with Crippen LogP contribution in [0, 0.1) is 0 Å². The minimum atomic E-state index is 0.206. The van der Waals surface area contributed by atoms with Gasteiger partial charge in [-0.2, -0.15) is 5.10 Å². The molecule has 0 aliphatic carbocycles. The fourth-order valence-corrected chi connectivity index (χ4v) is 3.00. The number of nitrogens with zero attached hydrogens (tertiary/aromatic N) is 3. The molecule has 1 atom stereocenters. The smallest absolute Gasteiger partial charge is 0.161 e. The fourth-order valence-electron chi connectivity index (χ4n) is 3.00. The van der Waals surface area contributed by atoms with Gasteiger partial charge < -0.3 is 20.1 Å². The van der Waals surface area contributed by atoms with E-state index >= 15 is 0 Å². The van der Waals surface area contributed by atoms with Crippen LogP contribution in [0.1, 0.15) is 12.8 Å². The van der Waals surface area contributed by atoms with Crippen molar-refractivity contribution in [2.24, 2.45) is 7.05 Å². The molecule has 124 valence electrons. The van der Waals surface area contributed by atoms with Gasteiger partial charge in [-0.05, 0) is 44.1 Å². The first kappa shape index (κ1) is 15.7. The van der Waals surface area contributed by atoms with Crippen molar-refractivity contribution in [2.75, 3.05) is 33.0 Å². The number of hydrogen-bond acceptors (Lipinski definition) is 5. The molecule has 0 radical (unpaired) electrons. The van der Waals surface area contributed by atoms with Gasteiger partial charge in [0.05, 0.1) is 13.3 Å². The van der Waals surface area contributed by atoms with E-state index in [-0.39, 0.29) is 6.10 Å². The van der Waals surface area contributed by atoms with Crippen molar-refractivity contribution in [2.45, 2.75) is 18.9 Å². The van der Waals surface area contributed by atoms with Crippen molar-refractivity contribution in [1.82, 2.24) is 14.7 Å². The second-order valence-electron chi connectivity index (χ2n) is 6.08. The lowest BCUT2D eigenvalue weighted by atomic mass is 10.1. The minimum Gasteiger partial charge on any atom is -0.493 e. The van der Waals surface area contributed by atoms with E-state index < -0.39 is 0 Å². The summed E-state index contributed by atoms with van der Waals surface area (Å²) in [7, 11) is 5.61. The lowest BCUT2D eigenvalue weighted by molar-refractivity contribution is 0.101. The molecule has 1 fully saturated rings. The van der Waals surface area contributed by atoms with E-state index in [2.05, 4.69) is 17.0 Å². The lowest BCUT2D eigenvalue weighted by Crippen LogP contribution is -2.38. The Kier molecular flexibility index (Phi) is 4.43. The third-order valence-corrected chi connectivity index (χ3v) is 4.33. The van der Waals surface area contributed by atoms with Crippen LogP contribution in [0.2, 0.25) is 0 Å². The summed E-state index contributed by atoms with van der Waals surface area (Å²) < 4.78 is 13.3. The van der Waals surface area contributed by atoms with Crippen LogP contribution in [-0.4, -0.2) is 48.0 Å². The van der Waals surface area contributed by atoms with Gasteiger partial charge in [0.25, 0.3) is 0 Å². The first-order chi connectivity index (χ1) is 11.1. The Hall–Kier alpha value is -2.21. The molecule has 1 aromatic carbocycles. The Morgan fingerprint density at radius 3 is 2.74 bits per heavy atom. The van der Waals surface area contributed by atoms with Crippen molar-refractivity contribution < 1.29 is 9.47 Å². The average molecular weight is 316 g/mol. The molecule has 1 unspecified atom stereocenters. The van der Waals surface area contributed by atoms with Crippen LogP contribution in [0.4, 0.5) is 5.82 Å². The van der Waals surface area contributed by atoms with Gasteiger partial charge in [-0.25, -0.2) is 0 Å². The fraction of sp³-hybridized carbons (Fsp3) is 0.471. The molecule has 0 amide bonds. The van der Waals surface area contributed by atoms with E-state index in [1.165, 1.54) is 0 Å². The summed E-state index contributed by atoms with van der Waals surface area (Å²) >= 11 is 0. The summed E-state index contributed by atoms with van der Waals surface area (Å²) in [5, 5.41) is 4.19. The molecule has 3 rings (SSSR count). The minimum absolute atomic E-state index is 0.206. The summed E-state index contributed by atoms with van der Waals surface area (Å²) in [5.41, 5.74) is 7.92. The topological polar surface area (TPSA) is 65.5 Å². The van der Waals surface area contributed by atoms with Gasteiger partial charge in [0, 0.05) is 19.2 Å². The Balaban J connectivity index is 1.83. The number of hydrogen-bond donors (Lipinski definition) is 1. The predicted molar refractivity (Wildman–Crippen MR) is 90.8 cm³/mol. The van der Waals surface area contributed by atoms with Crippen LogP contribution in [0.15, 0.2) is 24.4 Å². The standard InChI is InChI=1S/C17H24N4O2/c1-20-8-4-5-13(11-20)23-15-7-6-12(9-16(15)22-3)14-10-19-21(2)17(14)18/h6-7,9-10,13H,4-5,8,11,18H2,1-3H3. The molecule has 1 aliphatic rings. The molecular weight excluding hydrogens is 292 g/mol. The van der Waals surface area contributed by atoms with Crippen molar-refractivity contribution in [3.8, 4) is 22.6 Å². The number of methoxy groups -OCH3 is 1. The van der Waals surface area contributed by atoms with Gasteiger partial charge in [-0.3, -0.25) is 4.68 Å². The highest BCUT2D eigenvalue weighted by Crippen LogP contribution is 2.35. The Labute approximate surface area is 136 Å². The zero-order valence-corrected chi connectivity index (χ0v) is 14.0. The number of likely N-dealkylation sites (tertiary alicyclic amines) is 1. The molecule has 1 saturated heterocycles. The number of nitrogens with two attached hydrogens (primary N) is 1. The summed E-state index contributed by atoms with van der Waals surface area (Å²) in [6.07, 6.45) is 4.20. The summed E-state index contributed by atoms with van der Waals surface area (Å²) in [4.78, 5) is 2.30. The summed E-state index contributed by atoms with van der Waals surface area (Å²) in [5.74, 6) is 2.13. The first-order valence-corrected chi connectivity index (χ1v) is 7.89. The Morgan fingerprint density at radius 2 is 2.09 bits per heavy atom. The second-order valence-corrected chi connectivity index (χ2v) is 6.08. The Bertz CT molecular complexity index is 683. The number of aromatic nitrogens is 2. The summed E-state index contributed by atoms with van der Waals surface area (Å²) in [6, 6.07) is 5.90. The van der Waals surface area contributed by atoms with E-state index in [1.807, 2.05) is 25.2 Å². The molecule has 2 heterocycles. The molecule has 2 N–H and O–H groups in total. The molecule has 6 heteroatoms. The SMILES string of the molecule is COc1cc(-c2cnn(C)c2N)ccc1OC1CCCN(C)C1. The van der Waals surface area contributed by atoms with E-state index in [0.717, 1.165) is 48.6 Å². The summed E-state index contributed by atoms with van der Waals surface area (Å²) in [6.45, 7) is 2.08. The van der Waals surface area contributed by atoms with Crippen molar-refractivity contribution >= 4 is 5.82 Å². The number of nitrogen functional groups attached to an aromatic ring is 1. The molecule has 6 nitrogen and oxygen atoms in total. The van der Waals surface area contributed by atoms with Gasteiger partial charge in [-0.15, -0.1) is 0 Å². The van der Waals surface area contributed by atoms with Gasteiger partial charge in [-0.1, -0.05) is 6.07 Å². The van der Waals surface area contributed by atoms with Crippen molar-refractivity contribution in [1.29, 1.82) is 0 Å². The van der Waals surface area contributed by atoms with Crippen LogP contribution in [0.25, 0.3) is 11.1 Å². The van der Waals surface area contributed by atoms with E-state index in [1.54, 1.807) is 18.0 Å². The first-order valence-electron chi connectivity index (χ1n) is 7.89. The van der Waals surface area contributed by atoms with Crippen LogP contribution >= 0.6 is 0 Å². The van der Waals surface area contributed by atoms with Crippen molar-refractivity contribution in [3.63, 3.8) is 0 Å². The highest BCUT2D eigenvalue weighted by Gasteiger charge is 2.20. The lowest BCUT2D eigenvalue weighted by Gasteiger charge is -2.30. The third kappa shape index (κ3) is 3.27. The molecule has 0 spiro atoms. The Morgan fingerprint density at radius 1 is 1.26 bits per heavy atom. The number of benzene rings is 1. The van der Waals surface area contributed by atoms with Gasteiger partial charge in [0.2, 0.25) is 0 Å². The van der Waals surface area contributed by atoms with Gasteiger partial charge in [0.15, 0.2) is 11.5 Å². The third-order valence-electron chi connectivity index (χ3n) is 4.33. The van der Waals surface area contributed by atoms with E-state index in [4.69, 9.17) is 15.2 Å². The number of anilines is 1. The molecule has 0 bridgehead atoms. The van der Waals surface area contributed by atoms with Crippen molar-refractivity contribution in [3.05, 3.63) is 24.4 Å². The number of piperidine rings is 1. The molecule has 2 aromatic rings. The maximum atomic E-state index is 6.16. The zero-order valence-electron chi connectivity index (χ0n) is 14.0. The second kappa shape index (κ2) is 6.50. The van der Waals surface area contributed by atoms with Crippen LogP contribution < -0.4 is 15.2 Å². The maximum absolute atomic E-state index is 6.16. The van der Waals surface area contributed by atoms with Crippen LogP contribution in [0.5, 0.6) is 11.5 Å². The number of aryl methyl sites for hydroxylation is 1. The highest BCUT2D eigenvalue weighted by molar-refractivity contribution is 5.75. The van der Waals surface area contributed by atoms with Gasteiger partial charge in [0.1, 0.15) is 11.9 Å². The highest BCUT2D eigenvalue weighted by atomic mass is 16.5. The molecule has 0 saturated carbocycles. The molecule has 1 aromatic heterocycles. The molecule has 1 aliphatic heterocycles. The van der Waals surface area contributed by atoms with E-state index in [0.29, 0.717) is 5.82 Å². The number of ether oxygens (including phenoxy) is 2. The molecule has 23 heavy (non-hydrogen) atoms. The van der Waals surface area contributed by atoms with Crippen LogP contribution in [-0.2, 0) is 7.05 Å². The monoisotopic (exact) mass is 316 g/mol. The number of rotatable bonds is 4. The normalized spacial score (nSPS) is 18.8. The van der Waals surface area contributed by atoms with E-state index in [9.17, 15) is 0 Å². The molecular formula is C17H24N4O2. The quantitative estimate of drug-likeness (QED) is 0.936. The number of likely N-dealkylation sites (N-methyl/N-ethyl adjacent to an activating group) is 1.